The van der Waals surface area contributed by atoms with E-state index in [0.29, 0.717) is 30.9 Å². The Balaban J connectivity index is 1.69. The van der Waals surface area contributed by atoms with Crippen LogP contribution in [0.4, 0.5) is 8.78 Å². The summed E-state index contributed by atoms with van der Waals surface area (Å²) in [7, 11) is 3.20. The molecule has 36 heavy (non-hydrogen) atoms. The zero-order valence-electron chi connectivity index (χ0n) is 20.3. The maximum absolute atomic E-state index is 12.7. The minimum Gasteiger partial charge on any atom is -0.493 e. The predicted octanol–water partition coefficient (Wildman–Crippen LogP) is 5.06. The van der Waals surface area contributed by atoms with Crippen molar-refractivity contribution >= 4 is 5.91 Å². The van der Waals surface area contributed by atoms with Crippen LogP contribution in [0.25, 0.3) is 0 Å². The summed E-state index contributed by atoms with van der Waals surface area (Å²) in [5.41, 5.74) is 9.94. The molecule has 6 nitrogen and oxygen atoms in total. The van der Waals surface area contributed by atoms with Crippen molar-refractivity contribution in [2.24, 2.45) is 5.73 Å². The number of amides is 1. The molecule has 4 rings (SSSR count). The van der Waals surface area contributed by atoms with Crippen LogP contribution >= 0.6 is 0 Å². The summed E-state index contributed by atoms with van der Waals surface area (Å²) in [5, 5.41) is 0. The van der Waals surface area contributed by atoms with Crippen LogP contribution in [0.5, 0.6) is 17.2 Å². The van der Waals surface area contributed by atoms with Crippen LogP contribution in [0.1, 0.15) is 40.8 Å². The van der Waals surface area contributed by atoms with Gasteiger partial charge in [-0.25, -0.2) is 0 Å². The van der Waals surface area contributed by atoms with Gasteiger partial charge in [0.25, 0.3) is 0 Å². The van der Waals surface area contributed by atoms with E-state index in [1.807, 2.05) is 42.5 Å². The summed E-state index contributed by atoms with van der Waals surface area (Å²) in [6.07, 6.45) is 2.06. The fraction of sp³-hybridized carbons (Fsp3) is 0.321. The van der Waals surface area contributed by atoms with Crippen molar-refractivity contribution in [2.75, 3.05) is 20.8 Å². The van der Waals surface area contributed by atoms with E-state index in [1.165, 1.54) is 12.1 Å². The molecule has 2 unspecified atom stereocenters. The Labute approximate surface area is 209 Å². The van der Waals surface area contributed by atoms with Crippen LogP contribution in [0, 0.1) is 0 Å². The van der Waals surface area contributed by atoms with Gasteiger partial charge in [-0.3, -0.25) is 9.69 Å². The topological polar surface area (TPSA) is 74.0 Å². The van der Waals surface area contributed by atoms with Crippen molar-refractivity contribution in [2.45, 2.75) is 38.0 Å². The van der Waals surface area contributed by atoms with Gasteiger partial charge >= 0.3 is 6.61 Å². The fourth-order valence-corrected chi connectivity index (χ4v) is 4.97. The molecule has 3 aromatic rings. The molecule has 190 valence electrons. The van der Waals surface area contributed by atoms with Gasteiger partial charge in [-0.05, 0) is 65.8 Å². The number of carbonyl (C=O) groups is 1. The summed E-state index contributed by atoms with van der Waals surface area (Å²) in [6.45, 7) is -2.23. The summed E-state index contributed by atoms with van der Waals surface area (Å²) in [4.78, 5) is 14.9. The number of primary amides is 1. The van der Waals surface area contributed by atoms with Gasteiger partial charge < -0.3 is 19.9 Å². The van der Waals surface area contributed by atoms with E-state index < -0.39 is 18.6 Å². The van der Waals surface area contributed by atoms with E-state index in [4.69, 9.17) is 15.2 Å². The monoisotopic (exact) mass is 496 g/mol. The molecule has 3 aromatic carbocycles. The number of benzene rings is 3. The summed E-state index contributed by atoms with van der Waals surface area (Å²) in [5.74, 6) is 0.983. The van der Waals surface area contributed by atoms with Crippen molar-refractivity contribution in [1.82, 2.24) is 4.90 Å². The first-order valence-corrected chi connectivity index (χ1v) is 11.8. The maximum Gasteiger partial charge on any atom is 0.387 e. The van der Waals surface area contributed by atoms with Crippen molar-refractivity contribution in [1.29, 1.82) is 0 Å². The fourth-order valence-electron chi connectivity index (χ4n) is 4.97. The van der Waals surface area contributed by atoms with Crippen molar-refractivity contribution in [3.63, 3.8) is 0 Å². The van der Waals surface area contributed by atoms with E-state index in [0.717, 1.165) is 28.7 Å². The van der Waals surface area contributed by atoms with Gasteiger partial charge in [0.1, 0.15) is 11.8 Å². The third-order valence-electron chi connectivity index (χ3n) is 6.62. The minimum absolute atomic E-state index is 0.119. The molecule has 0 fully saturated rings. The Morgan fingerprint density at radius 2 is 1.69 bits per heavy atom. The molecule has 1 amide bonds. The first kappa shape index (κ1) is 25.4. The van der Waals surface area contributed by atoms with E-state index in [1.54, 1.807) is 26.4 Å². The number of hydrogen-bond acceptors (Lipinski definition) is 5. The van der Waals surface area contributed by atoms with Crippen molar-refractivity contribution in [3.8, 4) is 17.2 Å². The molecule has 1 aliphatic rings. The molecule has 0 spiro atoms. The molecular weight excluding hydrogens is 466 g/mol. The van der Waals surface area contributed by atoms with Gasteiger partial charge in [0.05, 0.1) is 14.2 Å². The van der Waals surface area contributed by atoms with E-state index >= 15 is 0 Å². The Hall–Kier alpha value is -3.65. The molecule has 1 heterocycles. The standard InChI is InChI=1S/C28H30F2N2O4/c1-34-24-16-20-14-15-32(26(27(31)33)19-6-4-3-5-7-19)23(22(20)17-25(24)35-2)13-10-18-8-11-21(12-9-18)36-28(29)30/h3-9,11-12,16-17,23,26,28H,10,13-15H2,1-2H3,(H2,31,33). The Morgan fingerprint density at radius 3 is 2.31 bits per heavy atom. The lowest BCUT2D eigenvalue weighted by Gasteiger charge is -2.41. The van der Waals surface area contributed by atoms with E-state index in [2.05, 4.69) is 9.64 Å². The Kier molecular flexibility index (Phi) is 8.05. The second kappa shape index (κ2) is 11.4. The molecule has 2 N–H and O–H groups in total. The summed E-state index contributed by atoms with van der Waals surface area (Å²) < 4.78 is 40.6. The van der Waals surface area contributed by atoms with Crippen LogP contribution in [-0.2, 0) is 17.6 Å². The van der Waals surface area contributed by atoms with E-state index in [9.17, 15) is 13.6 Å². The molecule has 0 radical (unpaired) electrons. The second-order valence-corrected chi connectivity index (χ2v) is 8.69. The lowest BCUT2D eigenvalue weighted by molar-refractivity contribution is -0.124. The number of methoxy groups -OCH3 is 2. The lowest BCUT2D eigenvalue weighted by atomic mass is 9.86. The van der Waals surface area contributed by atoms with Crippen LogP contribution in [0.2, 0.25) is 0 Å². The van der Waals surface area contributed by atoms with Crippen LogP contribution in [0.15, 0.2) is 66.7 Å². The maximum atomic E-state index is 12.7. The number of halogens is 2. The van der Waals surface area contributed by atoms with Gasteiger partial charge in [0.2, 0.25) is 5.91 Å². The largest absolute Gasteiger partial charge is 0.493 e. The number of fused-ring (bicyclic) bond motifs is 1. The van der Waals surface area contributed by atoms with Gasteiger partial charge in [-0.2, -0.15) is 8.78 Å². The van der Waals surface area contributed by atoms with Crippen molar-refractivity contribution < 1.29 is 27.8 Å². The first-order valence-electron chi connectivity index (χ1n) is 11.8. The smallest absolute Gasteiger partial charge is 0.387 e. The Morgan fingerprint density at radius 1 is 1.03 bits per heavy atom. The molecule has 8 heteroatoms. The van der Waals surface area contributed by atoms with Gasteiger partial charge in [-0.1, -0.05) is 42.5 Å². The molecule has 0 bridgehead atoms. The Bertz CT molecular complexity index is 1170. The number of rotatable bonds is 10. The minimum atomic E-state index is -2.86. The molecule has 0 saturated carbocycles. The summed E-state index contributed by atoms with van der Waals surface area (Å²) in [6, 6.07) is 19.4. The van der Waals surface area contributed by atoms with Gasteiger partial charge in [0, 0.05) is 12.6 Å². The average Bonchev–Trinajstić information content (AvgIpc) is 2.88. The van der Waals surface area contributed by atoms with Crippen LogP contribution < -0.4 is 19.9 Å². The third-order valence-corrected chi connectivity index (χ3v) is 6.62. The average molecular weight is 497 g/mol. The number of carbonyl (C=O) groups excluding carboxylic acids is 1. The zero-order chi connectivity index (χ0) is 25.7. The number of ether oxygens (including phenoxy) is 3. The number of hydrogen-bond donors (Lipinski definition) is 1. The number of nitrogens with two attached hydrogens (primary N) is 1. The molecular formula is C28H30F2N2O4. The number of aryl methyl sites for hydroxylation is 1. The van der Waals surface area contributed by atoms with Crippen LogP contribution in [0.3, 0.4) is 0 Å². The highest BCUT2D eigenvalue weighted by Crippen LogP contribution is 2.43. The summed E-state index contributed by atoms with van der Waals surface area (Å²) >= 11 is 0. The molecule has 0 saturated heterocycles. The zero-order valence-corrected chi connectivity index (χ0v) is 20.3. The quantitative estimate of drug-likeness (QED) is 0.425. The predicted molar refractivity (Wildman–Crippen MR) is 132 cm³/mol. The highest BCUT2D eigenvalue weighted by molar-refractivity contribution is 5.81. The number of nitrogens with zero attached hydrogens (tertiary/aromatic N) is 1. The third kappa shape index (κ3) is 5.60. The van der Waals surface area contributed by atoms with Gasteiger partial charge in [0.15, 0.2) is 11.5 Å². The highest BCUT2D eigenvalue weighted by atomic mass is 19.3. The number of alkyl halides is 2. The lowest BCUT2D eigenvalue weighted by Crippen LogP contribution is -2.44. The molecule has 0 aromatic heterocycles. The normalized spacial score (nSPS) is 16.3. The first-order chi connectivity index (χ1) is 17.4. The molecule has 0 aliphatic carbocycles. The van der Waals surface area contributed by atoms with Crippen molar-refractivity contribution in [3.05, 3.63) is 89.0 Å². The highest BCUT2D eigenvalue weighted by Gasteiger charge is 2.36. The SMILES string of the molecule is COc1cc2c(cc1OC)C(CCc1ccc(OC(F)F)cc1)N(C(C(N)=O)c1ccccc1)CC2. The van der Waals surface area contributed by atoms with Gasteiger partial charge in [-0.15, -0.1) is 0 Å². The second-order valence-electron chi connectivity index (χ2n) is 8.69. The van der Waals surface area contributed by atoms with Crippen LogP contribution in [-0.4, -0.2) is 38.2 Å². The molecule has 2 atom stereocenters. The van der Waals surface area contributed by atoms with E-state index in [-0.39, 0.29) is 11.8 Å². The molecule has 1 aliphatic heterocycles.